The molecule has 0 aromatic heterocycles. The van der Waals surface area contributed by atoms with Crippen LogP contribution in [0.2, 0.25) is 0 Å². The van der Waals surface area contributed by atoms with Crippen molar-refractivity contribution in [2.45, 2.75) is 276 Å². The number of hydrogen-bond acceptors (Lipinski definition) is 44. The van der Waals surface area contributed by atoms with Crippen molar-refractivity contribution in [2.24, 2.45) is 5.92 Å². The van der Waals surface area contributed by atoms with Gasteiger partial charge in [0.2, 0.25) is 0 Å². The first-order valence-corrected chi connectivity index (χ1v) is 32.0. The minimum atomic E-state index is -2.44. The van der Waals surface area contributed by atoms with Gasteiger partial charge in [-0.05, 0) is 6.42 Å². The second-order valence-electron chi connectivity index (χ2n) is 25.8. The number of aliphatic hydroxyl groups excluding tert-OH is 26. The van der Waals surface area contributed by atoms with Crippen LogP contribution in [0.15, 0.2) is 0 Å². The molecule has 0 aliphatic carbocycles. The number of carboxylic acids is 1. The van der Waals surface area contributed by atoms with E-state index in [2.05, 4.69) is 0 Å². The van der Waals surface area contributed by atoms with Gasteiger partial charge in [-0.3, -0.25) is 0 Å². The van der Waals surface area contributed by atoms with E-state index in [1.807, 2.05) is 0 Å². The average molecular weight is 1470 g/mol. The molecule has 0 saturated carbocycles. The van der Waals surface area contributed by atoms with Gasteiger partial charge in [-0.1, -0.05) is 0 Å². The van der Waals surface area contributed by atoms with E-state index >= 15 is 0 Å². The molecule has 23 heterocycles. The van der Waals surface area contributed by atoms with Gasteiger partial charge in [0.1, 0.15) is 195 Å². The molecule has 23 aliphatic rings. The summed E-state index contributed by atoms with van der Waals surface area (Å²) in [4.78, 5) is 11.8. The fourth-order valence-corrected chi connectivity index (χ4v) is 13.8. The number of carboxylic acid groups (broad SMARTS) is 1. The van der Waals surface area contributed by atoms with E-state index in [0.717, 1.165) is 0 Å². The van der Waals surface area contributed by atoms with Crippen LogP contribution < -0.4 is 0 Å². The highest BCUT2D eigenvalue weighted by molar-refractivity contribution is 5.73. The summed E-state index contributed by atoms with van der Waals surface area (Å²) in [6.07, 6.45) is -93.4. The summed E-state index contributed by atoms with van der Waals surface area (Å²) >= 11 is 0. The Morgan fingerprint density at radius 3 is 0.950 bits per heavy atom. The Morgan fingerprint density at radius 1 is 0.280 bits per heavy atom. The molecule has 0 spiro atoms. The highest BCUT2D eigenvalue weighted by Gasteiger charge is 2.61. The van der Waals surface area contributed by atoms with Crippen molar-refractivity contribution >= 4 is 5.97 Å². The molecular formula is C55H90O45. The molecule has 45 heteroatoms. The molecule has 23 rings (SSSR count). The minimum absolute atomic E-state index is 0.613. The summed E-state index contributed by atoms with van der Waals surface area (Å²) in [5, 5.41) is 300. The quantitative estimate of drug-likeness (QED) is 0.0814. The van der Waals surface area contributed by atoms with Gasteiger partial charge in [0.15, 0.2) is 56.4 Å². The van der Waals surface area contributed by atoms with Gasteiger partial charge in [-0.15, -0.1) is 0 Å². The normalized spacial score (nSPS) is 54.6. The van der Waals surface area contributed by atoms with Gasteiger partial charge in [0, 0.05) is 5.92 Å². The van der Waals surface area contributed by atoms with Crippen LogP contribution in [0.25, 0.3) is 0 Å². The molecule has 0 aromatic rings. The van der Waals surface area contributed by atoms with Crippen molar-refractivity contribution < 1.29 is 223 Å². The molecule has 0 aromatic carbocycles. The third-order valence-corrected chi connectivity index (χ3v) is 19.5. The Morgan fingerprint density at radius 2 is 0.590 bits per heavy atom. The Hall–Kier alpha value is -2.25. The maximum Gasteiger partial charge on any atom is 0.335 e. The van der Waals surface area contributed by atoms with Crippen LogP contribution in [0.1, 0.15) is 6.42 Å². The Labute approximate surface area is 563 Å². The number of aliphatic carboxylic acids is 1. The highest BCUT2D eigenvalue weighted by Crippen LogP contribution is 2.41. The fourth-order valence-electron chi connectivity index (χ4n) is 13.8. The predicted molar refractivity (Wildman–Crippen MR) is 297 cm³/mol. The second kappa shape index (κ2) is 33.9. The average Bonchev–Trinajstić information content (AvgIpc) is 0.779. The van der Waals surface area contributed by atoms with Gasteiger partial charge in [0.05, 0.1) is 71.2 Å². The summed E-state index contributed by atoms with van der Waals surface area (Å²) < 4.78 is 97.7. The maximum atomic E-state index is 12.0. The SMILES string of the molecule is O=C(O)[C@H]1O[C@@H](O[C@H]2[C@H](O)[C@@H](O)[C@H](OC[C@H]3O[C@@H]4O[C@H]5[C@@H](O)[C@H](O)[C@@H](OC6[C@@H](O)[C@H](O)C(CC7[C@@H](O)[C@@H](O)[C@@H](OC8[C@@H](CO)O[C@H](O[C@H]9[C@H](O)[C@@H](O)[C@@H](O[C@H]%10[C@H](O)[C@@H](O)C(O[C@H]3[C@H](O)[C@H]4O)O[C@H]%10CO)O[C@H]9CO)[C@H](O)[C@H]8O)O[C@@H]7CO)O[C@@H]6CO)O[C@@H]5CO)O[C@@H]2CO)[C@H](O)[C@@H](O)[C@@H]1O. The van der Waals surface area contributed by atoms with E-state index in [1.165, 1.54) is 0 Å². The third kappa shape index (κ3) is 15.9. The van der Waals surface area contributed by atoms with E-state index in [4.69, 9.17) is 80.5 Å². The zero-order chi connectivity index (χ0) is 72.9. The monoisotopic (exact) mass is 1470 g/mol. The lowest BCUT2D eigenvalue weighted by molar-refractivity contribution is -0.399. The van der Waals surface area contributed by atoms with Gasteiger partial charge in [0.25, 0.3) is 0 Å². The number of hydrogen-bond donors (Lipinski definition) is 27. The van der Waals surface area contributed by atoms with Crippen LogP contribution in [0.4, 0.5) is 0 Å². The molecule has 100 heavy (non-hydrogen) atoms. The van der Waals surface area contributed by atoms with Crippen molar-refractivity contribution in [3.8, 4) is 0 Å². The van der Waals surface area contributed by atoms with Crippen molar-refractivity contribution in [1.29, 1.82) is 0 Å². The lowest BCUT2D eigenvalue weighted by Gasteiger charge is -2.50. The molecule has 23 aliphatic heterocycles. The van der Waals surface area contributed by atoms with Crippen LogP contribution in [-0.2, 0) is 85.3 Å². The van der Waals surface area contributed by atoms with Crippen molar-refractivity contribution in [3.63, 3.8) is 0 Å². The van der Waals surface area contributed by atoms with Crippen LogP contribution in [0, 0.1) is 5.92 Å². The molecule has 45 nitrogen and oxygen atoms in total. The van der Waals surface area contributed by atoms with Crippen LogP contribution in [-0.4, -0.2) is 467 Å². The summed E-state index contributed by atoms with van der Waals surface area (Å²) in [7, 11) is 0. The number of aliphatic hydroxyl groups is 26. The maximum absolute atomic E-state index is 12.0. The molecule has 23 fully saturated rings. The molecule has 27 N–H and O–H groups in total. The predicted octanol–water partition coefficient (Wildman–Crippen LogP) is -18.8. The van der Waals surface area contributed by atoms with Crippen LogP contribution >= 0.6 is 0 Å². The first-order chi connectivity index (χ1) is 47.5. The standard InChI is InChI=1S/C55H90O45/c56-2-12-10-1-11-21(64)23(66)39(13(3-57)85-11)93-50-34(77)28(71)44(18(8-62)88-50)97-54-38(81)30(73)45(19(92-54)9-84-48-33(76)25(68)40(14(4-58)87-48)98-55-32(75)22(65)24(67)46(100-55)47(82)83)99-53-37(80)29(72)43(17(7-61)91-53)96-52-36(79)27(70)42(16(6-60)90-52)95-51-35(78)26(69)41(15(5-59)89-51)94-49(86-12)31(74)20(10)63/h10-46,48-81H,1-9H2,(H,82,83)/t10?,11?,12-,13-,14-,15-,16+,17+,18-,19-,20-,21-,22+,23+,24+,25-,26-,27-,28+,29-,30-,31-,32-,33-,34+,35-,36-,37-,38-,39?,40-,41?,42-,43-,44-,45-,46+,48-,49-,50-,51-,52-,53?,54-,55-/m1/s1. The Balaban J connectivity index is 0.938. The van der Waals surface area contributed by atoms with Crippen LogP contribution in [0.5, 0.6) is 0 Å². The smallest absolute Gasteiger partial charge is 0.335 e. The van der Waals surface area contributed by atoms with Crippen LogP contribution in [0.3, 0.4) is 0 Å². The number of carbonyl (C=O) groups is 1. The van der Waals surface area contributed by atoms with Crippen molar-refractivity contribution in [2.75, 3.05) is 52.9 Å². The molecule has 0 radical (unpaired) electrons. The molecule has 14 bridgehead atoms. The zero-order valence-electron chi connectivity index (χ0n) is 52.3. The van der Waals surface area contributed by atoms with Crippen molar-refractivity contribution in [3.05, 3.63) is 0 Å². The lowest BCUT2D eigenvalue weighted by Crippen LogP contribution is -2.68. The molecular weight excluding hydrogens is 1380 g/mol. The second-order valence-corrected chi connectivity index (χ2v) is 25.8. The highest BCUT2D eigenvalue weighted by atomic mass is 16.8. The van der Waals surface area contributed by atoms with E-state index in [0.29, 0.717) is 0 Å². The Kier molecular flexibility index (Phi) is 27.2. The van der Waals surface area contributed by atoms with E-state index < -0.39 is 341 Å². The molecule has 5 unspecified atom stereocenters. The number of ether oxygens (including phenoxy) is 17. The van der Waals surface area contributed by atoms with Gasteiger partial charge < -0.3 is 218 Å². The topological polar surface area (TPSA) is 720 Å². The lowest BCUT2D eigenvalue weighted by atomic mass is 9.81. The van der Waals surface area contributed by atoms with Crippen molar-refractivity contribution in [1.82, 2.24) is 0 Å². The summed E-state index contributed by atoms with van der Waals surface area (Å²) in [6, 6.07) is 0. The molecule has 45 atom stereocenters. The van der Waals surface area contributed by atoms with Gasteiger partial charge in [-0.25, -0.2) is 4.79 Å². The van der Waals surface area contributed by atoms with E-state index in [1.54, 1.807) is 0 Å². The first-order valence-electron chi connectivity index (χ1n) is 32.0. The molecule has 23 saturated heterocycles. The third-order valence-electron chi connectivity index (χ3n) is 19.5. The van der Waals surface area contributed by atoms with E-state index in [9.17, 15) is 143 Å². The summed E-state index contributed by atoms with van der Waals surface area (Å²) in [5.41, 5.74) is 0. The number of rotatable bonds is 13. The van der Waals surface area contributed by atoms with E-state index in [-0.39, 0.29) is 0 Å². The van der Waals surface area contributed by atoms with Gasteiger partial charge >= 0.3 is 5.97 Å². The minimum Gasteiger partial charge on any atom is -0.479 e. The summed E-state index contributed by atoms with van der Waals surface area (Å²) in [6.45, 7) is -8.85. The Bertz CT molecular complexity index is 2540. The largest absolute Gasteiger partial charge is 0.479 e. The fraction of sp³-hybridized carbons (Fsp3) is 0.982. The first kappa shape index (κ1) is 80.3. The molecule has 0 amide bonds. The summed E-state index contributed by atoms with van der Waals surface area (Å²) in [5.74, 6) is -3.28. The zero-order valence-corrected chi connectivity index (χ0v) is 52.3. The van der Waals surface area contributed by atoms with Gasteiger partial charge in [-0.2, -0.15) is 0 Å². The molecule has 580 valence electrons.